The number of carbonyl (C=O) groups excluding carboxylic acids is 2. The maximum atomic E-state index is 14.7. The van der Waals surface area contributed by atoms with Crippen molar-refractivity contribution in [1.29, 1.82) is 0 Å². The Bertz CT molecular complexity index is 1250. The largest absolute Gasteiger partial charge is 0.373 e. The van der Waals surface area contributed by atoms with Crippen LogP contribution in [-0.4, -0.2) is 34.9 Å². The first-order valence-electron chi connectivity index (χ1n) is 12.3. The van der Waals surface area contributed by atoms with Crippen molar-refractivity contribution in [3.63, 3.8) is 0 Å². The van der Waals surface area contributed by atoms with Crippen molar-refractivity contribution in [3.8, 4) is 0 Å². The number of hydrogen-bond acceptors (Lipinski definition) is 3. The molecule has 5 nitrogen and oxygen atoms in total. The van der Waals surface area contributed by atoms with Crippen LogP contribution >= 0.6 is 11.6 Å². The van der Waals surface area contributed by atoms with Gasteiger partial charge in [0.25, 0.3) is 5.91 Å². The smallest absolute Gasteiger partial charge is 0.253 e. The number of carbonyl (C=O) groups is 2. The molecule has 1 spiro atoms. The van der Waals surface area contributed by atoms with E-state index in [1.165, 1.54) is 34.1 Å². The predicted octanol–water partition coefficient (Wildman–Crippen LogP) is 6.14. The molecule has 8 heteroatoms. The number of hydrogen-bond donors (Lipinski definition) is 0. The molecule has 37 heavy (non-hydrogen) atoms. The van der Waals surface area contributed by atoms with Gasteiger partial charge >= 0.3 is 0 Å². The Morgan fingerprint density at radius 2 is 1.62 bits per heavy atom. The molecule has 194 valence electrons. The van der Waals surface area contributed by atoms with E-state index in [9.17, 15) is 18.4 Å². The lowest BCUT2D eigenvalue weighted by atomic mass is 9.70. The van der Waals surface area contributed by atoms with Crippen LogP contribution in [-0.2, 0) is 27.5 Å². The van der Waals surface area contributed by atoms with Crippen molar-refractivity contribution in [2.24, 2.45) is 0 Å². The van der Waals surface area contributed by atoms with E-state index in [1.807, 2.05) is 44.2 Å². The number of halogens is 3. The predicted molar refractivity (Wildman–Crippen MR) is 139 cm³/mol. The second-order valence-electron chi connectivity index (χ2n) is 8.95. The van der Waals surface area contributed by atoms with Gasteiger partial charge in [-0.2, -0.15) is 0 Å². The summed E-state index contributed by atoms with van der Waals surface area (Å²) < 4.78 is 34.1. The summed E-state index contributed by atoms with van der Waals surface area (Å²) in [7, 11) is 0. The van der Waals surface area contributed by atoms with Gasteiger partial charge < -0.3 is 9.64 Å². The molecular formula is C29H29ClF2N2O3. The average Bonchev–Trinajstić information content (AvgIpc) is 2.88. The van der Waals surface area contributed by atoms with E-state index in [2.05, 4.69) is 0 Å². The van der Waals surface area contributed by atoms with Crippen LogP contribution in [0.3, 0.4) is 0 Å². The highest BCUT2D eigenvalue weighted by Crippen LogP contribution is 2.45. The average molecular weight is 527 g/mol. The molecule has 0 bridgehead atoms. The summed E-state index contributed by atoms with van der Waals surface area (Å²) in [6.45, 7) is 4.24. The van der Waals surface area contributed by atoms with Crippen molar-refractivity contribution in [3.05, 3.63) is 101 Å². The van der Waals surface area contributed by atoms with Crippen LogP contribution < -0.4 is 4.90 Å². The SMILES string of the molecule is CC.O=C1CN(c2ccc(Cl)cc2F)C(=O)C2(CC(OCc3ccccc3)C2)N1Cc1ccc(F)cc1. The molecular weight excluding hydrogens is 498 g/mol. The number of amides is 2. The molecule has 1 aliphatic heterocycles. The van der Waals surface area contributed by atoms with E-state index in [0.29, 0.717) is 12.2 Å². The standard InChI is InChI=1S/C27H23ClF2N2O3.C2H6/c28-20-8-11-24(23(30)12-20)31-16-25(33)32(15-18-6-9-21(29)10-7-18)27(26(31)34)13-22(14-27)35-17-19-4-2-1-3-5-19;1-2/h1-12,22H,13-17H2;1-2H3. The fourth-order valence-corrected chi connectivity index (χ4v) is 4.96. The summed E-state index contributed by atoms with van der Waals surface area (Å²) in [6, 6.07) is 19.5. The van der Waals surface area contributed by atoms with Gasteiger partial charge in [0.2, 0.25) is 5.91 Å². The lowest BCUT2D eigenvalue weighted by molar-refractivity contribution is -0.172. The third kappa shape index (κ3) is 5.53. The first-order valence-corrected chi connectivity index (χ1v) is 12.7. The number of nitrogens with zero attached hydrogens (tertiary/aromatic N) is 2. The molecule has 0 atom stereocenters. The van der Waals surface area contributed by atoms with Crippen molar-refractivity contribution >= 4 is 29.1 Å². The van der Waals surface area contributed by atoms with Crippen LogP contribution in [0.2, 0.25) is 5.02 Å². The van der Waals surface area contributed by atoms with Gasteiger partial charge in [0, 0.05) is 24.4 Å². The zero-order chi connectivity index (χ0) is 26.6. The highest BCUT2D eigenvalue weighted by molar-refractivity contribution is 6.30. The molecule has 3 aromatic carbocycles. The zero-order valence-corrected chi connectivity index (χ0v) is 21.6. The van der Waals surface area contributed by atoms with Crippen molar-refractivity contribution in [2.45, 2.75) is 51.5 Å². The van der Waals surface area contributed by atoms with Gasteiger partial charge in [0.15, 0.2) is 0 Å². The number of rotatable bonds is 6. The minimum atomic E-state index is -1.17. The Labute approximate surface area is 220 Å². The first kappa shape index (κ1) is 26.8. The summed E-state index contributed by atoms with van der Waals surface area (Å²) in [5.74, 6) is -1.73. The normalized spacial score (nSPS) is 20.9. The van der Waals surface area contributed by atoms with Crippen LogP contribution in [0.5, 0.6) is 0 Å². The molecule has 1 heterocycles. The fraction of sp³-hybridized carbons (Fsp3) is 0.310. The molecule has 3 aromatic rings. The molecule has 0 unspecified atom stereocenters. The molecule has 1 saturated heterocycles. The van der Waals surface area contributed by atoms with Gasteiger partial charge in [-0.15, -0.1) is 0 Å². The number of benzene rings is 3. The summed E-state index contributed by atoms with van der Waals surface area (Å²) in [4.78, 5) is 29.9. The monoisotopic (exact) mass is 526 g/mol. The van der Waals surface area contributed by atoms with Crippen molar-refractivity contribution in [1.82, 2.24) is 4.90 Å². The summed E-state index contributed by atoms with van der Waals surface area (Å²) in [5, 5.41) is 0.202. The molecule has 2 fully saturated rings. The first-order chi connectivity index (χ1) is 17.9. The third-order valence-electron chi connectivity index (χ3n) is 6.67. The summed E-state index contributed by atoms with van der Waals surface area (Å²) >= 11 is 5.88. The van der Waals surface area contributed by atoms with Gasteiger partial charge in [-0.3, -0.25) is 14.5 Å². The molecule has 1 saturated carbocycles. The Kier molecular flexibility index (Phi) is 8.25. The molecule has 2 amide bonds. The maximum Gasteiger partial charge on any atom is 0.253 e. The van der Waals surface area contributed by atoms with Crippen molar-refractivity contribution in [2.75, 3.05) is 11.4 Å². The second-order valence-corrected chi connectivity index (χ2v) is 9.39. The van der Waals surface area contributed by atoms with Crippen LogP contribution in [0.25, 0.3) is 0 Å². The third-order valence-corrected chi connectivity index (χ3v) is 6.90. The van der Waals surface area contributed by atoms with E-state index in [4.69, 9.17) is 16.3 Å². The molecule has 0 aromatic heterocycles. The Hall–Kier alpha value is -3.29. The molecule has 0 radical (unpaired) electrons. The van der Waals surface area contributed by atoms with E-state index < -0.39 is 11.4 Å². The van der Waals surface area contributed by atoms with E-state index in [-0.39, 0.29) is 60.4 Å². The topological polar surface area (TPSA) is 49.9 Å². The highest BCUT2D eigenvalue weighted by atomic mass is 35.5. The number of anilines is 1. The fourth-order valence-electron chi connectivity index (χ4n) is 4.80. The lowest BCUT2D eigenvalue weighted by Crippen LogP contribution is -2.74. The molecule has 0 N–H and O–H groups in total. The zero-order valence-electron chi connectivity index (χ0n) is 20.8. The van der Waals surface area contributed by atoms with Gasteiger partial charge in [0.05, 0.1) is 18.4 Å². The summed E-state index contributed by atoms with van der Waals surface area (Å²) in [6.07, 6.45) is 0.340. The van der Waals surface area contributed by atoms with E-state index in [1.54, 1.807) is 12.1 Å². The van der Waals surface area contributed by atoms with Gasteiger partial charge in [-0.1, -0.05) is 67.9 Å². The molecule has 1 aliphatic carbocycles. The van der Waals surface area contributed by atoms with E-state index in [0.717, 1.165) is 11.6 Å². The van der Waals surface area contributed by atoms with Crippen LogP contribution in [0.15, 0.2) is 72.8 Å². The van der Waals surface area contributed by atoms with Crippen LogP contribution in [0.4, 0.5) is 14.5 Å². The number of ether oxygens (including phenoxy) is 1. The van der Waals surface area contributed by atoms with Gasteiger partial charge in [-0.25, -0.2) is 8.78 Å². The number of piperazine rings is 1. The lowest BCUT2D eigenvalue weighted by Gasteiger charge is -2.56. The van der Waals surface area contributed by atoms with E-state index >= 15 is 0 Å². The Morgan fingerprint density at radius 1 is 0.946 bits per heavy atom. The quantitative estimate of drug-likeness (QED) is 0.388. The Balaban J connectivity index is 0.00000156. The minimum Gasteiger partial charge on any atom is -0.373 e. The van der Waals surface area contributed by atoms with Gasteiger partial charge in [0.1, 0.15) is 23.7 Å². The summed E-state index contributed by atoms with van der Waals surface area (Å²) in [5.41, 5.74) is 0.554. The minimum absolute atomic E-state index is 0.0159. The van der Waals surface area contributed by atoms with Gasteiger partial charge in [-0.05, 0) is 41.5 Å². The van der Waals surface area contributed by atoms with Crippen LogP contribution in [0.1, 0.15) is 37.8 Å². The Morgan fingerprint density at radius 3 is 2.27 bits per heavy atom. The van der Waals surface area contributed by atoms with Crippen molar-refractivity contribution < 1.29 is 23.1 Å². The molecule has 5 rings (SSSR count). The second kappa shape index (κ2) is 11.4. The maximum absolute atomic E-state index is 14.7. The van der Waals surface area contributed by atoms with Crippen LogP contribution in [0, 0.1) is 11.6 Å². The molecule has 2 aliphatic rings. The highest BCUT2D eigenvalue weighted by Gasteiger charge is 2.60.